The Morgan fingerprint density at radius 3 is 2.46 bits per heavy atom. The lowest BCUT2D eigenvalue weighted by Crippen LogP contribution is -2.20. The number of nitrogens with two attached hydrogens (primary N) is 1. The van der Waals surface area contributed by atoms with E-state index in [1.165, 1.54) is 19.1 Å². The topological polar surface area (TPSA) is 60.2 Å². The van der Waals surface area contributed by atoms with E-state index in [0.717, 1.165) is 12.8 Å². The molecule has 1 saturated carbocycles. The van der Waals surface area contributed by atoms with Gasteiger partial charge in [0.1, 0.15) is 9.84 Å². The zero-order valence-electron chi connectivity index (χ0n) is 8.20. The lowest BCUT2D eigenvalue weighted by Gasteiger charge is -2.16. The van der Waals surface area contributed by atoms with Crippen LogP contribution in [0.15, 0.2) is 0 Å². The van der Waals surface area contributed by atoms with Gasteiger partial charge in [-0.05, 0) is 31.2 Å². The van der Waals surface area contributed by atoms with Crippen LogP contribution in [0.25, 0.3) is 0 Å². The molecule has 3 nitrogen and oxygen atoms in total. The van der Waals surface area contributed by atoms with Gasteiger partial charge in [-0.25, -0.2) is 8.42 Å². The molecule has 0 aromatic rings. The van der Waals surface area contributed by atoms with Crippen molar-refractivity contribution >= 4 is 9.84 Å². The van der Waals surface area contributed by atoms with Crippen molar-refractivity contribution in [2.45, 2.75) is 25.7 Å². The fraction of sp³-hybridized carbons (Fsp3) is 1.00. The molecule has 0 bridgehead atoms. The molecule has 0 aliphatic heterocycles. The summed E-state index contributed by atoms with van der Waals surface area (Å²) < 4.78 is 21.9. The van der Waals surface area contributed by atoms with Crippen molar-refractivity contribution < 1.29 is 8.42 Å². The fourth-order valence-corrected chi connectivity index (χ4v) is 2.90. The summed E-state index contributed by atoms with van der Waals surface area (Å²) in [7, 11) is -2.78. The van der Waals surface area contributed by atoms with Crippen molar-refractivity contribution in [1.29, 1.82) is 0 Å². The molecule has 4 heteroatoms. The van der Waals surface area contributed by atoms with Gasteiger partial charge in [-0.2, -0.15) is 0 Å². The summed E-state index contributed by atoms with van der Waals surface area (Å²) in [6.07, 6.45) is 5.68. The second-order valence-electron chi connectivity index (χ2n) is 4.11. The Bertz CT molecular complexity index is 248. The average Bonchev–Trinajstić information content (AvgIpc) is 2.46. The molecule has 0 spiro atoms. The van der Waals surface area contributed by atoms with Crippen LogP contribution in [-0.4, -0.2) is 27.0 Å². The summed E-state index contributed by atoms with van der Waals surface area (Å²) >= 11 is 0. The smallest absolute Gasteiger partial charge is 0.147 e. The van der Waals surface area contributed by atoms with Crippen LogP contribution in [0.2, 0.25) is 0 Å². The first kappa shape index (κ1) is 11.0. The highest BCUT2D eigenvalue weighted by Gasteiger charge is 2.26. The molecule has 13 heavy (non-hydrogen) atoms. The molecule has 0 heterocycles. The van der Waals surface area contributed by atoms with E-state index < -0.39 is 9.84 Å². The molecular formula is C9H19NO2S. The SMILES string of the molecule is CS(=O)(=O)CCC1CCCC1CN. The highest BCUT2D eigenvalue weighted by Crippen LogP contribution is 2.33. The first-order valence-corrected chi connectivity index (χ1v) is 6.97. The van der Waals surface area contributed by atoms with Crippen LogP contribution in [0.1, 0.15) is 25.7 Å². The van der Waals surface area contributed by atoms with Gasteiger partial charge in [-0.3, -0.25) is 0 Å². The highest BCUT2D eigenvalue weighted by atomic mass is 32.2. The van der Waals surface area contributed by atoms with E-state index in [-0.39, 0.29) is 0 Å². The van der Waals surface area contributed by atoms with Gasteiger partial charge in [0.2, 0.25) is 0 Å². The van der Waals surface area contributed by atoms with E-state index >= 15 is 0 Å². The maximum absolute atomic E-state index is 11.0. The van der Waals surface area contributed by atoms with Gasteiger partial charge in [0.05, 0.1) is 5.75 Å². The molecule has 1 rings (SSSR count). The van der Waals surface area contributed by atoms with Crippen molar-refractivity contribution in [1.82, 2.24) is 0 Å². The molecule has 1 aliphatic carbocycles. The molecule has 1 aliphatic rings. The lowest BCUT2D eigenvalue weighted by atomic mass is 9.94. The normalized spacial score (nSPS) is 29.4. The molecule has 2 atom stereocenters. The third-order valence-corrected chi connectivity index (χ3v) is 3.96. The molecule has 1 fully saturated rings. The van der Waals surface area contributed by atoms with Crippen LogP contribution in [0.4, 0.5) is 0 Å². The van der Waals surface area contributed by atoms with Gasteiger partial charge in [0, 0.05) is 6.26 Å². The second-order valence-corrected chi connectivity index (χ2v) is 6.37. The van der Waals surface area contributed by atoms with E-state index in [1.807, 2.05) is 0 Å². The van der Waals surface area contributed by atoms with Crippen molar-refractivity contribution in [3.05, 3.63) is 0 Å². The van der Waals surface area contributed by atoms with Gasteiger partial charge in [0.25, 0.3) is 0 Å². The Labute approximate surface area is 80.6 Å². The van der Waals surface area contributed by atoms with E-state index in [9.17, 15) is 8.42 Å². The maximum atomic E-state index is 11.0. The summed E-state index contributed by atoms with van der Waals surface area (Å²) in [5, 5.41) is 0. The van der Waals surface area contributed by atoms with Gasteiger partial charge >= 0.3 is 0 Å². The van der Waals surface area contributed by atoms with Gasteiger partial charge in [0.15, 0.2) is 0 Å². The summed E-state index contributed by atoms with van der Waals surface area (Å²) in [4.78, 5) is 0. The monoisotopic (exact) mass is 205 g/mol. The zero-order valence-corrected chi connectivity index (χ0v) is 9.02. The van der Waals surface area contributed by atoms with Crippen LogP contribution in [0.5, 0.6) is 0 Å². The Morgan fingerprint density at radius 2 is 1.92 bits per heavy atom. The van der Waals surface area contributed by atoms with Crippen molar-refractivity contribution in [3.8, 4) is 0 Å². The van der Waals surface area contributed by atoms with Crippen LogP contribution in [0.3, 0.4) is 0 Å². The average molecular weight is 205 g/mol. The summed E-state index contributed by atoms with van der Waals surface area (Å²) in [6.45, 7) is 0.717. The van der Waals surface area contributed by atoms with Gasteiger partial charge in [-0.15, -0.1) is 0 Å². The molecule has 0 saturated heterocycles. The van der Waals surface area contributed by atoms with Crippen molar-refractivity contribution in [3.63, 3.8) is 0 Å². The molecular weight excluding hydrogens is 186 g/mol. The first-order chi connectivity index (χ1) is 6.03. The van der Waals surface area contributed by atoms with Gasteiger partial charge in [-0.1, -0.05) is 12.8 Å². The standard InChI is InChI=1S/C9H19NO2S/c1-13(11,12)6-5-8-3-2-4-9(8)7-10/h8-9H,2-7,10H2,1H3. The summed E-state index contributed by atoms with van der Waals surface area (Å²) in [5.41, 5.74) is 5.61. The van der Waals surface area contributed by atoms with Crippen molar-refractivity contribution in [2.24, 2.45) is 17.6 Å². The molecule has 2 N–H and O–H groups in total. The van der Waals surface area contributed by atoms with E-state index in [1.54, 1.807) is 0 Å². The first-order valence-electron chi connectivity index (χ1n) is 4.90. The number of rotatable bonds is 4. The lowest BCUT2D eigenvalue weighted by molar-refractivity contribution is 0.386. The van der Waals surface area contributed by atoms with Crippen molar-refractivity contribution in [2.75, 3.05) is 18.6 Å². The molecule has 0 aromatic heterocycles. The molecule has 0 amide bonds. The number of hydrogen-bond donors (Lipinski definition) is 1. The van der Waals surface area contributed by atoms with E-state index in [2.05, 4.69) is 0 Å². The van der Waals surface area contributed by atoms with E-state index in [0.29, 0.717) is 24.1 Å². The molecule has 2 unspecified atom stereocenters. The van der Waals surface area contributed by atoms with Crippen LogP contribution < -0.4 is 5.73 Å². The molecule has 0 radical (unpaired) electrons. The number of hydrogen-bond acceptors (Lipinski definition) is 3. The van der Waals surface area contributed by atoms with Crippen LogP contribution in [0, 0.1) is 11.8 Å². The highest BCUT2D eigenvalue weighted by molar-refractivity contribution is 7.90. The Morgan fingerprint density at radius 1 is 1.31 bits per heavy atom. The molecule has 78 valence electrons. The van der Waals surface area contributed by atoms with Gasteiger partial charge < -0.3 is 5.73 Å². The Kier molecular flexibility index (Phi) is 3.74. The predicted molar refractivity (Wildman–Crippen MR) is 54.2 cm³/mol. The van der Waals surface area contributed by atoms with Crippen LogP contribution >= 0.6 is 0 Å². The third kappa shape index (κ3) is 3.65. The Balaban J connectivity index is 2.36. The molecule has 0 aromatic carbocycles. The minimum atomic E-state index is -2.78. The van der Waals surface area contributed by atoms with Crippen LogP contribution in [-0.2, 0) is 9.84 Å². The second kappa shape index (κ2) is 4.42. The Hall–Kier alpha value is -0.0900. The zero-order chi connectivity index (χ0) is 9.90. The van der Waals surface area contributed by atoms with E-state index in [4.69, 9.17) is 5.73 Å². The fourth-order valence-electron chi connectivity index (χ4n) is 2.17. The number of sulfone groups is 1. The minimum absolute atomic E-state index is 0.328. The summed E-state index contributed by atoms with van der Waals surface area (Å²) in [5.74, 6) is 1.45. The quantitative estimate of drug-likeness (QED) is 0.738. The maximum Gasteiger partial charge on any atom is 0.147 e. The third-order valence-electron chi connectivity index (χ3n) is 2.98. The summed E-state index contributed by atoms with van der Waals surface area (Å²) in [6, 6.07) is 0. The largest absolute Gasteiger partial charge is 0.330 e. The minimum Gasteiger partial charge on any atom is -0.330 e. The predicted octanol–water partition coefficient (Wildman–Crippen LogP) is 0.796.